The smallest absolute Gasteiger partial charge is 0.262 e. The summed E-state index contributed by atoms with van der Waals surface area (Å²) in [5.74, 6) is 1.01. The van der Waals surface area contributed by atoms with Gasteiger partial charge in [0, 0.05) is 42.6 Å². The fourth-order valence-electron chi connectivity index (χ4n) is 4.45. The van der Waals surface area contributed by atoms with Crippen molar-refractivity contribution in [1.82, 2.24) is 9.97 Å². The van der Waals surface area contributed by atoms with Crippen LogP contribution < -0.4 is 19.3 Å². The van der Waals surface area contributed by atoms with Crippen molar-refractivity contribution in [3.05, 3.63) is 60.0 Å². The van der Waals surface area contributed by atoms with E-state index in [4.69, 9.17) is 14.5 Å². The molecule has 0 N–H and O–H groups in total. The van der Waals surface area contributed by atoms with Gasteiger partial charge < -0.3 is 19.3 Å². The Morgan fingerprint density at radius 2 is 1.82 bits per heavy atom. The van der Waals surface area contributed by atoms with E-state index in [1.165, 1.54) is 18.7 Å². The van der Waals surface area contributed by atoms with E-state index < -0.39 is 5.82 Å². The van der Waals surface area contributed by atoms with Crippen LogP contribution in [0.2, 0.25) is 0 Å². The lowest BCUT2D eigenvalue weighted by atomic mass is 10.0. The van der Waals surface area contributed by atoms with Crippen molar-refractivity contribution >= 4 is 17.5 Å². The SMILES string of the molecule is CC(C)N(C(=O)c1cnc(N2CCCCC2)nc1-c1ccccc1F)c1ccc2c(c1)OCO2. The van der Waals surface area contributed by atoms with Crippen molar-refractivity contribution in [1.29, 1.82) is 0 Å². The number of amides is 1. The molecule has 0 unspecified atom stereocenters. The van der Waals surface area contributed by atoms with Gasteiger partial charge in [-0.15, -0.1) is 0 Å². The highest BCUT2D eigenvalue weighted by molar-refractivity contribution is 6.10. The van der Waals surface area contributed by atoms with Gasteiger partial charge in [-0.2, -0.15) is 0 Å². The molecule has 1 amide bonds. The van der Waals surface area contributed by atoms with Gasteiger partial charge in [0.2, 0.25) is 12.7 Å². The molecule has 1 fully saturated rings. The molecule has 176 valence electrons. The number of carbonyl (C=O) groups is 1. The molecule has 8 heteroatoms. The number of ether oxygens (including phenoxy) is 2. The van der Waals surface area contributed by atoms with E-state index in [0.29, 0.717) is 28.8 Å². The third-order valence-electron chi connectivity index (χ3n) is 6.14. The predicted octanol–water partition coefficient (Wildman–Crippen LogP) is 5.06. The lowest BCUT2D eigenvalue weighted by Gasteiger charge is -2.29. The number of benzene rings is 2. The Morgan fingerprint density at radius 3 is 2.59 bits per heavy atom. The van der Waals surface area contributed by atoms with Crippen LogP contribution in [0.25, 0.3) is 11.3 Å². The summed E-state index contributed by atoms with van der Waals surface area (Å²) < 4.78 is 25.8. The Morgan fingerprint density at radius 1 is 1.06 bits per heavy atom. The Hall–Kier alpha value is -3.68. The second kappa shape index (κ2) is 9.29. The Bertz CT molecular complexity index is 1210. The highest BCUT2D eigenvalue weighted by Crippen LogP contribution is 2.37. The summed E-state index contributed by atoms with van der Waals surface area (Å²) in [4.78, 5) is 26.9. The average molecular weight is 463 g/mol. The van der Waals surface area contributed by atoms with E-state index in [2.05, 4.69) is 9.88 Å². The van der Waals surface area contributed by atoms with Gasteiger partial charge in [0.15, 0.2) is 11.5 Å². The minimum absolute atomic E-state index is 0.150. The lowest BCUT2D eigenvalue weighted by Crippen LogP contribution is -2.38. The molecule has 0 spiro atoms. The van der Waals surface area contributed by atoms with Crippen LogP contribution in [0.4, 0.5) is 16.0 Å². The number of nitrogens with zero attached hydrogens (tertiary/aromatic N) is 4. The van der Waals surface area contributed by atoms with Crippen LogP contribution in [-0.2, 0) is 0 Å². The molecule has 2 aliphatic rings. The molecular weight excluding hydrogens is 435 g/mol. The van der Waals surface area contributed by atoms with Gasteiger partial charge in [-0.3, -0.25) is 4.79 Å². The maximum absolute atomic E-state index is 14.9. The van der Waals surface area contributed by atoms with E-state index >= 15 is 0 Å². The average Bonchev–Trinajstić information content (AvgIpc) is 3.32. The summed E-state index contributed by atoms with van der Waals surface area (Å²) in [7, 11) is 0. The van der Waals surface area contributed by atoms with E-state index in [1.807, 2.05) is 19.9 Å². The minimum Gasteiger partial charge on any atom is -0.454 e. The number of carbonyl (C=O) groups excluding carboxylic acids is 1. The first-order chi connectivity index (χ1) is 16.5. The first-order valence-electron chi connectivity index (χ1n) is 11.6. The molecule has 3 aromatic rings. The number of halogens is 1. The molecule has 0 aliphatic carbocycles. The predicted molar refractivity (Wildman–Crippen MR) is 128 cm³/mol. The number of aromatic nitrogens is 2. The first-order valence-corrected chi connectivity index (χ1v) is 11.6. The van der Waals surface area contributed by atoms with Gasteiger partial charge in [0.05, 0.1) is 11.3 Å². The molecule has 0 atom stereocenters. The molecule has 1 saturated heterocycles. The third kappa shape index (κ3) is 4.16. The van der Waals surface area contributed by atoms with E-state index in [-0.39, 0.29) is 29.9 Å². The zero-order valence-corrected chi connectivity index (χ0v) is 19.3. The Balaban J connectivity index is 1.59. The normalized spacial score (nSPS) is 15.0. The van der Waals surface area contributed by atoms with Crippen molar-refractivity contribution in [3.8, 4) is 22.8 Å². The van der Waals surface area contributed by atoms with Crippen molar-refractivity contribution in [2.45, 2.75) is 39.2 Å². The number of hydrogen-bond acceptors (Lipinski definition) is 6. The standard InChI is InChI=1S/C26H27FN4O3/c1-17(2)31(18-10-11-22-23(14-18)34-16-33-22)25(32)20-15-28-26(30-12-6-3-7-13-30)29-24(20)19-8-4-5-9-21(19)27/h4-5,8-11,14-15,17H,3,6-7,12-13,16H2,1-2H3. The van der Waals surface area contributed by atoms with Crippen molar-refractivity contribution in [2.75, 3.05) is 29.7 Å². The van der Waals surface area contributed by atoms with Gasteiger partial charge in [0.25, 0.3) is 5.91 Å². The molecule has 5 rings (SSSR count). The summed E-state index contributed by atoms with van der Waals surface area (Å²) in [6, 6.07) is 11.6. The van der Waals surface area contributed by atoms with Crippen LogP contribution in [0.15, 0.2) is 48.7 Å². The summed E-state index contributed by atoms with van der Waals surface area (Å²) >= 11 is 0. The molecule has 2 aromatic carbocycles. The van der Waals surface area contributed by atoms with Crippen LogP contribution in [0, 0.1) is 5.82 Å². The fourth-order valence-corrected chi connectivity index (χ4v) is 4.45. The van der Waals surface area contributed by atoms with E-state index in [0.717, 1.165) is 25.9 Å². The zero-order valence-electron chi connectivity index (χ0n) is 19.3. The summed E-state index contributed by atoms with van der Waals surface area (Å²) in [5.41, 5.74) is 1.48. The first kappa shape index (κ1) is 22.1. The van der Waals surface area contributed by atoms with Crippen LogP contribution in [0.3, 0.4) is 0 Å². The van der Waals surface area contributed by atoms with E-state index in [1.54, 1.807) is 35.2 Å². The quantitative estimate of drug-likeness (QED) is 0.528. The van der Waals surface area contributed by atoms with Crippen LogP contribution >= 0.6 is 0 Å². The molecule has 3 heterocycles. The molecular formula is C26H27FN4O3. The largest absolute Gasteiger partial charge is 0.454 e. The number of fused-ring (bicyclic) bond motifs is 1. The molecule has 34 heavy (non-hydrogen) atoms. The second-order valence-electron chi connectivity index (χ2n) is 8.77. The van der Waals surface area contributed by atoms with Crippen LogP contribution in [-0.4, -0.2) is 41.8 Å². The van der Waals surface area contributed by atoms with E-state index in [9.17, 15) is 9.18 Å². The lowest BCUT2D eigenvalue weighted by molar-refractivity contribution is 0.0980. The molecule has 7 nitrogen and oxygen atoms in total. The van der Waals surface area contributed by atoms with Crippen LogP contribution in [0.1, 0.15) is 43.5 Å². The van der Waals surface area contributed by atoms with Gasteiger partial charge in [-0.1, -0.05) is 12.1 Å². The summed E-state index contributed by atoms with van der Waals surface area (Å²) in [5, 5.41) is 0. The molecule has 1 aromatic heterocycles. The van der Waals surface area contributed by atoms with Crippen molar-refractivity contribution in [2.24, 2.45) is 0 Å². The molecule has 2 aliphatic heterocycles. The summed E-state index contributed by atoms with van der Waals surface area (Å²) in [6.45, 7) is 5.69. The topological polar surface area (TPSA) is 67.8 Å². The monoisotopic (exact) mass is 462 g/mol. The van der Waals surface area contributed by atoms with Gasteiger partial charge in [-0.05, 0) is 57.4 Å². The minimum atomic E-state index is -0.431. The summed E-state index contributed by atoms with van der Waals surface area (Å²) in [6.07, 6.45) is 4.82. The Labute approximate surface area is 198 Å². The fraction of sp³-hybridized carbons (Fsp3) is 0.346. The maximum atomic E-state index is 14.9. The highest BCUT2D eigenvalue weighted by atomic mass is 19.1. The Kier molecular flexibility index (Phi) is 6.04. The molecule has 0 bridgehead atoms. The second-order valence-corrected chi connectivity index (χ2v) is 8.77. The van der Waals surface area contributed by atoms with Gasteiger partial charge in [-0.25, -0.2) is 14.4 Å². The highest BCUT2D eigenvalue weighted by Gasteiger charge is 2.28. The van der Waals surface area contributed by atoms with Crippen molar-refractivity contribution in [3.63, 3.8) is 0 Å². The maximum Gasteiger partial charge on any atom is 0.262 e. The zero-order chi connectivity index (χ0) is 23.7. The number of anilines is 2. The number of rotatable bonds is 5. The number of piperidine rings is 1. The molecule has 0 saturated carbocycles. The third-order valence-corrected chi connectivity index (χ3v) is 6.14. The molecule has 0 radical (unpaired) electrons. The number of hydrogen-bond donors (Lipinski definition) is 0. The van der Waals surface area contributed by atoms with Crippen molar-refractivity contribution < 1.29 is 18.7 Å². The van der Waals surface area contributed by atoms with Crippen LogP contribution in [0.5, 0.6) is 11.5 Å². The van der Waals surface area contributed by atoms with Gasteiger partial charge in [0.1, 0.15) is 5.82 Å². The van der Waals surface area contributed by atoms with Gasteiger partial charge >= 0.3 is 0 Å².